The lowest BCUT2D eigenvalue weighted by Crippen LogP contribution is -2.17. The van der Waals surface area contributed by atoms with E-state index >= 15 is 0 Å². The number of hydrogen-bond donors (Lipinski definition) is 2. The van der Waals surface area contributed by atoms with Crippen molar-refractivity contribution in [3.05, 3.63) is 64.6 Å². The topological polar surface area (TPSA) is 91.9 Å². The van der Waals surface area contributed by atoms with Gasteiger partial charge in [-0.25, -0.2) is 13.5 Å². The van der Waals surface area contributed by atoms with Crippen LogP contribution in [0.4, 0.5) is 5.69 Å². The van der Waals surface area contributed by atoms with Crippen LogP contribution < -0.4 is 10.3 Å². The van der Waals surface area contributed by atoms with E-state index in [1.165, 1.54) is 12.3 Å². The van der Waals surface area contributed by atoms with Crippen molar-refractivity contribution in [3.63, 3.8) is 0 Å². The van der Waals surface area contributed by atoms with Crippen LogP contribution in [0.3, 0.4) is 0 Å². The van der Waals surface area contributed by atoms with Crippen LogP contribution in [-0.4, -0.2) is 18.6 Å². The SMILES string of the molecule is CCC(C)(C)c1ccc(S(=O)(=O)Nc2ccc3cn[nH]c(=O)c3c2)cc1. The maximum absolute atomic E-state index is 12.6. The summed E-state index contributed by atoms with van der Waals surface area (Å²) in [7, 11) is -3.74. The zero-order valence-corrected chi connectivity index (χ0v) is 15.7. The molecule has 0 saturated carbocycles. The van der Waals surface area contributed by atoms with Gasteiger partial charge in [0.15, 0.2) is 0 Å². The summed E-state index contributed by atoms with van der Waals surface area (Å²) in [6, 6.07) is 11.7. The Morgan fingerprint density at radius 2 is 1.81 bits per heavy atom. The number of benzene rings is 2. The predicted molar refractivity (Wildman–Crippen MR) is 103 cm³/mol. The molecule has 0 fully saturated rings. The van der Waals surface area contributed by atoms with Gasteiger partial charge in [-0.15, -0.1) is 0 Å². The van der Waals surface area contributed by atoms with E-state index in [2.05, 4.69) is 35.7 Å². The number of anilines is 1. The van der Waals surface area contributed by atoms with Gasteiger partial charge in [0.2, 0.25) is 0 Å². The fraction of sp³-hybridized carbons (Fsp3) is 0.263. The monoisotopic (exact) mass is 371 g/mol. The summed E-state index contributed by atoms with van der Waals surface area (Å²) in [6.45, 7) is 6.34. The normalized spacial score (nSPS) is 12.3. The van der Waals surface area contributed by atoms with Crippen molar-refractivity contribution >= 4 is 26.5 Å². The number of H-pyrrole nitrogens is 1. The number of rotatable bonds is 5. The fourth-order valence-electron chi connectivity index (χ4n) is 2.65. The van der Waals surface area contributed by atoms with Crippen molar-refractivity contribution < 1.29 is 8.42 Å². The predicted octanol–water partition coefficient (Wildman–Crippen LogP) is 3.41. The minimum atomic E-state index is -3.74. The summed E-state index contributed by atoms with van der Waals surface area (Å²) in [5.74, 6) is 0. The van der Waals surface area contributed by atoms with E-state index in [0.29, 0.717) is 16.5 Å². The number of nitrogens with one attached hydrogen (secondary N) is 2. The Hall–Kier alpha value is -2.67. The van der Waals surface area contributed by atoms with Gasteiger partial charge in [-0.3, -0.25) is 9.52 Å². The van der Waals surface area contributed by atoms with Crippen molar-refractivity contribution in [2.24, 2.45) is 0 Å². The molecular formula is C19H21N3O3S. The number of sulfonamides is 1. The third kappa shape index (κ3) is 3.48. The zero-order valence-electron chi connectivity index (χ0n) is 14.9. The highest BCUT2D eigenvalue weighted by Gasteiger charge is 2.20. The van der Waals surface area contributed by atoms with Gasteiger partial charge in [0.05, 0.1) is 16.5 Å². The van der Waals surface area contributed by atoms with Crippen LogP contribution in [0.25, 0.3) is 10.8 Å². The van der Waals surface area contributed by atoms with E-state index in [4.69, 9.17) is 0 Å². The van der Waals surface area contributed by atoms with Crippen LogP contribution in [-0.2, 0) is 15.4 Å². The molecule has 0 bridgehead atoms. The van der Waals surface area contributed by atoms with E-state index in [1.54, 1.807) is 24.3 Å². The first-order valence-corrected chi connectivity index (χ1v) is 9.82. The quantitative estimate of drug-likeness (QED) is 0.719. The highest BCUT2D eigenvalue weighted by Crippen LogP contribution is 2.28. The number of nitrogens with zero attached hydrogens (tertiary/aromatic N) is 1. The molecule has 26 heavy (non-hydrogen) atoms. The molecule has 0 spiro atoms. The fourth-order valence-corrected chi connectivity index (χ4v) is 3.70. The molecule has 0 radical (unpaired) electrons. The maximum Gasteiger partial charge on any atom is 0.272 e. The molecule has 0 saturated heterocycles. The van der Waals surface area contributed by atoms with Crippen LogP contribution in [0, 0.1) is 0 Å². The number of hydrogen-bond acceptors (Lipinski definition) is 4. The minimum absolute atomic E-state index is 0.0108. The first-order chi connectivity index (χ1) is 12.2. The molecular weight excluding hydrogens is 350 g/mol. The van der Waals surface area contributed by atoms with Gasteiger partial charge >= 0.3 is 0 Å². The Bertz CT molecular complexity index is 1100. The van der Waals surface area contributed by atoms with Gasteiger partial charge in [-0.1, -0.05) is 39.0 Å². The molecule has 3 aromatic rings. The number of aromatic amines is 1. The van der Waals surface area contributed by atoms with E-state index in [1.807, 2.05) is 12.1 Å². The van der Waals surface area contributed by atoms with Crippen LogP contribution in [0.2, 0.25) is 0 Å². The van der Waals surface area contributed by atoms with Crippen LogP contribution in [0.5, 0.6) is 0 Å². The van der Waals surface area contributed by atoms with Crippen molar-refractivity contribution in [1.29, 1.82) is 0 Å². The first-order valence-electron chi connectivity index (χ1n) is 8.34. The molecule has 0 aliphatic rings. The van der Waals surface area contributed by atoms with Crippen LogP contribution in [0.15, 0.2) is 58.4 Å². The standard InChI is InChI=1S/C19H21N3O3S/c1-4-19(2,3)14-6-9-16(10-7-14)26(24,25)22-15-8-5-13-12-20-21-18(23)17(13)11-15/h5-12,22H,4H2,1-3H3,(H,21,23). The lowest BCUT2D eigenvalue weighted by Gasteiger charge is -2.23. The molecule has 3 rings (SSSR count). The molecule has 1 aromatic heterocycles. The van der Waals surface area contributed by atoms with Crippen molar-refractivity contribution in [3.8, 4) is 0 Å². The summed E-state index contributed by atoms with van der Waals surface area (Å²) >= 11 is 0. The van der Waals surface area contributed by atoms with E-state index in [9.17, 15) is 13.2 Å². The Morgan fingerprint density at radius 1 is 1.12 bits per heavy atom. The zero-order chi connectivity index (χ0) is 18.9. The molecule has 0 aliphatic carbocycles. The number of aromatic nitrogens is 2. The molecule has 2 aromatic carbocycles. The molecule has 6 nitrogen and oxygen atoms in total. The second kappa shape index (κ2) is 6.57. The van der Waals surface area contributed by atoms with Gasteiger partial charge in [-0.2, -0.15) is 5.10 Å². The Morgan fingerprint density at radius 3 is 2.46 bits per heavy atom. The summed E-state index contributed by atoms with van der Waals surface area (Å²) in [5, 5.41) is 7.08. The molecule has 136 valence electrons. The summed E-state index contributed by atoms with van der Waals surface area (Å²) < 4.78 is 27.8. The molecule has 7 heteroatoms. The second-order valence-corrected chi connectivity index (χ2v) is 8.55. The lowest BCUT2D eigenvalue weighted by molar-refractivity contribution is 0.506. The average Bonchev–Trinajstić information content (AvgIpc) is 2.62. The highest BCUT2D eigenvalue weighted by atomic mass is 32.2. The lowest BCUT2D eigenvalue weighted by atomic mass is 9.82. The van der Waals surface area contributed by atoms with E-state index in [0.717, 1.165) is 12.0 Å². The maximum atomic E-state index is 12.6. The molecule has 0 amide bonds. The Labute approximate surface area is 152 Å². The van der Waals surface area contributed by atoms with Crippen molar-refractivity contribution in [2.75, 3.05) is 4.72 Å². The smallest absolute Gasteiger partial charge is 0.272 e. The van der Waals surface area contributed by atoms with E-state index < -0.39 is 10.0 Å². The van der Waals surface area contributed by atoms with Crippen LogP contribution >= 0.6 is 0 Å². The third-order valence-corrected chi connectivity index (χ3v) is 6.15. The van der Waals surface area contributed by atoms with Crippen molar-refractivity contribution in [2.45, 2.75) is 37.5 Å². The first kappa shape index (κ1) is 18.1. The molecule has 0 aliphatic heterocycles. The van der Waals surface area contributed by atoms with Gasteiger partial charge < -0.3 is 0 Å². The molecule has 0 unspecified atom stereocenters. The van der Waals surface area contributed by atoms with Gasteiger partial charge in [0.1, 0.15) is 0 Å². The summed E-state index contributed by atoms with van der Waals surface area (Å²) in [4.78, 5) is 12.0. The van der Waals surface area contributed by atoms with Gasteiger partial charge in [0, 0.05) is 11.1 Å². The van der Waals surface area contributed by atoms with Gasteiger partial charge in [0.25, 0.3) is 15.6 Å². The highest BCUT2D eigenvalue weighted by molar-refractivity contribution is 7.92. The second-order valence-electron chi connectivity index (χ2n) is 6.87. The largest absolute Gasteiger partial charge is 0.280 e. The Balaban J connectivity index is 1.92. The average molecular weight is 371 g/mol. The molecule has 2 N–H and O–H groups in total. The van der Waals surface area contributed by atoms with E-state index in [-0.39, 0.29) is 15.9 Å². The Kier molecular flexibility index (Phi) is 4.58. The third-order valence-electron chi connectivity index (χ3n) is 4.75. The molecule has 0 atom stereocenters. The summed E-state index contributed by atoms with van der Waals surface area (Å²) in [5.41, 5.74) is 1.04. The van der Waals surface area contributed by atoms with Crippen molar-refractivity contribution in [1.82, 2.24) is 10.2 Å². The van der Waals surface area contributed by atoms with Gasteiger partial charge in [-0.05, 0) is 41.7 Å². The number of fused-ring (bicyclic) bond motifs is 1. The summed E-state index contributed by atoms with van der Waals surface area (Å²) in [6.07, 6.45) is 2.47. The van der Waals surface area contributed by atoms with Crippen LogP contribution in [0.1, 0.15) is 32.8 Å². The minimum Gasteiger partial charge on any atom is -0.280 e. The molecule has 1 heterocycles.